The van der Waals surface area contributed by atoms with Crippen LogP contribution in [0, 0.1) is 0 Å². The molecule has 2 aromatic rings. The van der Waals surface area contributed by atoms with Gasteiger partial charge in [0.2, 0.25) is 5.91 Å². The van der Waals surface area contributed by atoms with Crippen LogP contribution in [0.5, 0.6) is 0 Å². The van der Waals surface area contributed by atoms with Crippen molar-refractivity contribution >= 4 is 23.9 Å². The van der Waals surface area contributed by atoms with Crippen LogP contribution in [0.3, 0.4) is 0 Å². The lowest BCUT2D eigenvalue weighted by molar-refractivity contribution is -0.192. The number of nitrogens with two attached hydrogens (primary N) is 2. The maximum atomic E-state index is 12.8. The molecule has 0 bridgehead atoms. The monoisotopic (exact) mass is 527 g/mol. The van der Waals surface area contributed by atoms with Crippen molar-refractivity contribution in [2.24, 2.45) is 11.5 Å². The Morgan fingerprint density at radius 3 is 1.76 bits per heavy atom. The number of nitrogens with zero attached hydrogens (tertiary/aromatic N) is 1. The molecule has 10 nitrogen and oxygen atoms in total. The molecule has 2 amide bonds. The van der Waals surface area contributed by atoms with Crippen LogP contribution in [0.4, 0.5) is 18.0 Å². The Morgan fingerprint density at radius 1 is 0.892 bits per heavy atom. The molecule has 0 radical (unpaired) electrons. The summed E-state index contributed by atoms with van der Waals surface area (Å²) in [5.74, 6) is -3.99. The molecule has 5 N–H and O–H groups in total. The third kappa shape index (κ3) is 12.4. The van der Waals surface area contributed by atoms with Crippen molar-refractivity contribution in [2.45, 2.75) is 38.3 Å². The number of carboxylic acid groups (broad SMARTS) is 1. The number of alkyl halides is 3. The number of carbonyl (C=O) groups excluding carboxylic acids is 3. The first-order valence-corrected chi connectivity index (χ1v) is 10.9. The quantitative estimate of drug-likeness (QED) is 0.376. The van der Waals surface area contributed by atoms with Crippen LogP contribution < -0.4 is 11.5 Å². The summed E-state index contributed by atoms with van der Waals surface area (Å²) >= 11 is 0. The topological polar surface area (TPSA) is 162 Å². The van der Waals surface area contributed by atoms with E-state index in [2.05, 4.69) is 0 Å². The first kappa shape index (κ1) is 30.9. The van der Waals surface area contributed by atoms with Gasteiger partial charge in [-0.25, -0.2) is 14.4 Å². The highest BCUT2D eigenvalue weighted by atomic mass is 19.4. The summed E-state index contributed by atoms with van der Waals surface area (Å²) in [4.78, 5) is 46.8. The Bertz CT molecular complexity index is 1010. The molecular weight excluding hydrogens is 499 g/mol. The highest BCUT2D eigenvalue weighted by Crippen LogP contribution is 2.14. The molecule has 0 aliphatic heterocycles. The average molecular weight is 527 g/mol. The first-order valence-electron chi connectivity index (χ1n) is 10.9. The van der Waals surface area contributed by atoms with Crippen LogP contribution in [0.1, 0.15) is 24.0 Å². The number of carboxylic acids is 1. The van der Waals surface area contributed by atoms with E-state index < -0.39 is 36.2 Å². The number of carbonyl (C=O) groups is 4. The Balaban J connectivity index is 0.000000856. The lowest BCUT2D eigenvalue weighted by atomic mass is 10.1. The van der Waals surface area contributed by atoms with Crippen LogP contribution in [-0.2, 0) is 37.1 Å². The Kier molecular flexibility index (Phi) is 13.2. The van der Waals surface area contributed by atoms with Crippen LogP contribution in [0.25, 0.3) is 0 Å². The van der Waals surface area contributed by atoms with Crippen molar-refractivity contribution < 1.29 is 46.9 Å². The van der Waals surface area contributed by atoms with Crippen molar-refractivity contribution in [1.82, 2.24) is 4.90 Å². The first-order chi connectivity index (χ1) is 17.5. The van der Waals surface area contributed by atoms with Gasteiger partial charge in [0.1, 0.15) is 19.3 Å². The summed E-state index contributed by atoms with van der Waals surface area (Å²) in [5.41, 5.74) is 12.5. The van der Waals surface area contributed by atoms with Gasteiger partial charge in [0.05, 0.1) is 0 Å². The van der Waals surface area contributed by atoms with E-state index in [-0.39, 0.29) is 39.1 Å². The standard InChI is InChI=1S/C22H27N3O5.C2HF3O2/c23-13-14-25(22(28)30-16-18-9-5-2-6-10-18)19(11-12-20(24)26)21(27)29-15-17-7-3-1-4-8-17;3-2(4,5)1(6)7/h1-10,19H,11-16,23H2,(H2,24,26);(H,6,7)/t19-;/m0./s1. The molecule has 2 rings (SSSR count). The van der Waals surface area contributed by atoms with E-state index in [1.807, 2.05) is 60.7 Å². The summed E-state index contributed by atoms with van der Waals surface area (Å²) < 4.78 is 42.5. The fourth-order valence-corrected chi connectivity index (χ4v) is 2.82. The molecule has 0 saturated carbocycles. The summed E-state index contributed by atoms with van der Waals surface area (Å²) in [5, 5.41) is 7.12. The van der Waals surface area contributed by atoms with E-state index in [4.69, 9.17) is 30.8 Å². The van der Waals surface area contributed by atoms with Crippen LogP contribution in [0.15, 0.2) is 60.7 Å². The second kappa shape index (κ2) is 15.8. The van der Waals surface area contributed by atoms with Gasteiger partial charge in [-0.05, 0) is 17.5 Å². The number of hydrogen-bond acceptors (Lipinski definition) is 7. The predicted octanol–water partition coefficient (Wildman–Crippen LogP) is 2.59. The maximum absolute atomic E-state index is 12.8. The largest absolute Gasteiger partial charge is 0.490 e. The molecule has 0 aliphatic rings. The number of benzene rings is 2. The number of ether oxygens (including phenoxy) is 2. The minimum absolute atomic E-state index is 0.0173. The lowest BCUT2D eigenvalue weighted by Crippen LogP contribution is -2.48. The number of rotatable bonds is 11. The van der Waals surface area contributed by atoms with E-state index in [0.717, 1.165) is 11.1 Å². The number of halogens is 3. The zero-order valence-corrected chi connectivity index (χ0v) is 19.7. The van der Waals surface area contributed by atoms with Crippen molar-refractivity contribution in [3.63, 3.8) is 0 Å². The molecular formula is C24H28F3N3O7. The lowest BCUT2D eigenvalue weighted by Gasteiger charge is -2.29. The van der Waals surface area contributed by atoms with Gasteiger partial charge in [-0.15, -0.1) is 0 Å². The fourth-order valence-electron chi connectivity index (χ4n) is 2.82. The summed E-state index contributed by atoms with van der Waals surface area (Å²) in [6, 6.07) is 17.3. The third-order valence-corrected chi connectivity index (χ3v) is 4.59. The van der Waals surface area contributed by atoms with Gasteiger partial charge in [0.25, 0.3) is 0 Å². The van der Waals surface area contributed by atoms with Crippen molar-refractivity contribution in [3.8, 4) is 0 Å². The van der Waals surface area contributed by atoms with Gasteiger partial charge in [-0.2, -0.15) is 13.2 Å². The molecule has 2 aromatic carbocycles. The van der Waals surface area contributed by atoms with Gasteiger partial charge in [0, 0.05) is 19.5 Å². The summed E-state index contributed by atoms with van der Waals surface area (Å²) in [6.07, 6.45) is -5.86. The normalized spacial score (nSPS) is 11.4. The summed E-state index contributed by atoms with van der Waals surface area (Å²) in [7, 11) is 0. The molecule has 13 heteroatoms. The third-order valence-electron chi connectivity index (χ3n) is 4.59. The van der Waals surface area contributed by atoms with Crippen molar-refractivity contribution in [1.29, 1.82) is 0 Å². The summed E-state index contributed by atoms with van der Waals surface area (Å²) in [6.45, 7) is 0.265. The number of aliphatic carboxylic acids is 1. The minimum Gasteiger partial charge on any atom is -0.475 e. The van der Waals surface area contributed by atoms with E-state index in [1.165, 1.54) is 4.90 Å². The highest BCUT2D eigenvalue weighted by molar-refractivity contribution is 5.82. The van der Waals surface area contributed by atoms with Gasteiger partial charge in [0.15, 0.2) is 0 Å². The van der Waals surface area contributed by atoms with Crippen molar-refractivity contribution in [2.75, 3.05) is 13.1 Å². The molecule has 0 spiro atoms. The van der Waals surface area contributed by atoms with Crippen LogP contribution >= 0.6 is 0 Å². The Hall–Kier alpha value is -4.13. The van der Waals surface area contributed by atoms with Crippen molar-refractivity contribution in [3.05, 3.63) is 71.8 Å². The Labute approximate surface area is 210 Å². The zero-order valence-electron chi connectivity index (χ0n) is 19.7. The molecule has 0 aliphatic carbocycles. The second-order valence-electron chi connectivity index (χ2n) is 7.44. The van der Waals surface area contributed by atoms with Gasteiger partial charge >= 0.3 is 24.2 Å². The van der Waals surface area contributed by atoms with E-state index in [1.54, 1.807) is 0 Å². The molecule has 0 fully saturated rings. The maximum Gasteiger partial charge on any atom is 0.490 e. The highest BCUT2D eigenvalue weighted by Gasteiger charge is 2.38. The van der Waals surface area contributed by atoms with E-state index in [0.29, 0.717) is 0 Å². The van der Waals surface area contributed by atoms with E-state index >= 15 is 0 Å². The smallest absolute Gasteiger partial charge is 0.475 e. The Morgan fingerprint density at radius 2 is 1.35 bits per heavy atom. The molecule has 202 valence electrons. The van der Waals surface area contributed by atoms with E-state index in [9.17, 15) is 27.6 Å². The van der Waals surface area contributed by atoms with Gasteiger partial charge in [-0.1, -0.05) is 60.7 Å². The van der Waals surface area contributed by atoms with Gasteiger partial charge in [-0.3, -0.25) is 9.69 Å². The number of amides is 2. The molecule has 0 unspecified atom stereocenters. The average Bonchev–Trinajstić information content (AvgIpc) is 2.86. The molecule has 1 atom stereocenters. The van der Waals surface area contributed by atoms with Crippen LogP contribution in [0.2, 0.25) is 0 Å². The fraction of sp³-hybridized carbons (Fsp3) is 0.333. The minimum atomic E-state index is -5.08. The van der Waals surface area contributed by atoms with Gasteiger partial charge < -0.3 is 26.0 Å². The van der Waals surface area contributed by atoms with Crippen LogP contribution in [-0.4, -0.2) is 59.3 Å². The number of hydrogen-bond donors (Lipinski definition) is 3. The predicted molar refractivity (Wildman–Crippen MR) is 125 cm³/mol. The molecule has 0 aromatic heterocycles. The SMILES string of the molecule is NCCN(C(=O)OCc1ccccc1)[C@@H](CCC(N)=O)C(=O)OCc1ccccc1.O=C(O)C(F)(F)F. The zero-order chi connectivity index (χ0) is 27.8. The molecule has 0 saturated heterocycles. The second-order valence-corrected chi connectivity index (χ2v) is 7.44. The number of esters is 1. The number of primary amides is 1. The molecule has 37 heavy (non-hydrogen) atoms. The molecule has 0 heterocycles.